The van der Waals surface area contributed by atoms with Crippen LogP contribution in [0.15, 0.2) is 24.3 Å². The molecule has 1 unspecified atom stereocenters. The van der Waals surface area contributed by atoms with Crippen LogP contribution in [-0.2, 0) is 4.79 Å². The van der Waals surface area contributed by atoms with Crippen LogP contribution in [0.2, 0.25) is 0 Å². The van der Waals surface area contributed by atoms with E-state index in [0.29, 0.717) is 0 Å². The van der Waals surface area contributed by atoms with Gasteiger partial charge in [-0.25, -0.2) is 0 Å². The Bertz CT molecular complexity index is 559. The lowest BCUT2D eigenvalue weighted by Crippen LogP contribution is -2.37. The molecule has 0 aliphatic heterocycles. The summed E-state index contributed by atoms with van der Waals surface area (Å²) in [4.78, 5) is 11.2. The first-order valence-electron chi connectivity index (χ1n) is 5.18. The van der Waals surface area contributed by atoms with E-state index in [1.54, 1.807) is 11.4 Å². The highest BCUT2D eigenvalue weighted by Crippen LogP contribution is 2.32. The van der Waals surface area contributed by atoms with Gasteiger partial charge in [-0.1, -0.05) is 18.1 Å². The van der Waals surface area contributed by atoms with Crippen molar-refractivity contribution in [3.8, 4) is 17.9 Å². The number of alkyl halides is 3. The van der Waals surface area contributed by atoms with E-state index in [4.69, 9.17) is 5.26 Å². The first-order chi connectivity index (χ1) is 8.88. The number of benzene rings is 1. The Hall–Kier alpha value is -2.47. The average Bonchev–Trinajstić information content (AvgIpc) is 2.35. The van der Waals surface area contributed by atoms with Crippen LogP contribution in [0, 0.1) is 23.2 Å². The monoisotopic (exact) mass is 266 g/mol. The SMILES string of the molecule is CC#CC(=O)NC(c1ccc(C#N)cc1)C(F)(F)F. The van der Waals surface area contributed by atoms with Crippen LogP contribution in [0.3, 0.4) is 0 Å². The minimum Gasteiger partial charge on any atom is -0.330 e. The second-order valence-corrected chi connectivity index (χ2v) is 3.56. The molecule has 1 atom stereocenters. The van der Waals surface area contributed by atoms with E-state index in [9.17, 15) is 18.0 Å². The fourth-order valence-corrected chi connectivity index (χ4v) is 1.38. The normalized spacial score (nSPS) is 11.7. The minimum absolute atomic E-state index is 0.155. The number of nitrogens with zero attached hydrogens (tertiary/aromatic N) is 1. The van der Waals surface area contributed by atoms with Crippen LogP contribution in [-0.4, -0.2) is 12.1 Å². The maximum Gasteiger partial charge on any atom is 0.412 e. The molecule has 1 rings (SSSR count). The number of halogens is 3. The number of rotatable bonds is 2. The van der Waals surface area contributed by atoms with Crippen molar-refractivity contribution >= 4 is 5.91 Å². The van der Waals surface area contributed by atoms with Crippen LogP contribution in [0.4, 0.5) is 13.2 Å². The van der Waals surface area contributed by atoms with Gasteiger partial charge in [-0.15, -0.1) is 0 Å². The summed E-state index contributed by atoms with van der Waals surface area (Å²) in [5, 5.41) is 10.4. The number of carbonyl (C=O) groups excluding carboxylic acids is 1. The van der Waals surface area contributed by atoms with E-state index < -0.39 is 18.1 Å². The molecule has 19 heavy (non-hydrogen) atoms. The number of nitriles is 1. The average molecular weight is 266 g/mol. The van der Waals surface area contributed by atoms with Crippen LogP contribution in [0.1, 0.15) is 24.1 Å². The van der Waals surface area contributed by atoms with Gasteiger partial charge in [-0.2, -0.15) is 18.4 Å². The van der Waals surface area contributed by atoms with Crippen LogP contribution < -0.4 is 5.32 Å². The summed E-state index contributed by atoms with van der Waals surface area (Å²) in [6.45, 7) is 1.35. The van der Waals surface area contributed by atoms with Crippen LogP contribution >= 0.6 is 0 Å². The summed E-state index contributed by atoms with van der Waals surface area (Å²) in [5.74, 6) is 3.20. The molecule has 0 aliphatic carbocycles. The highest BCUT2D eigenvalue weighted by Gasteiger charge is 2.41. The summed E-state index contributed by atoms with van der Waals surface area (Å²) in [5.41, 5.74) is 0.0853. The molecule has 1 N–H and O–H groups in total. The van der Waals surface area contributed by atoms with Gasteiger partial charge in [0.25, 0.3) is 5.91 Å². The molecular weight excluding hydrogens is 257 g/mol. The first kappa shape index (κ1) is 14.6. The zero-order valence-corrected chi connectivity index (χ0v) is 9.88. The lowest BCUT2D eigenvalue weighted by atomic mass is 10.0. The Morgan fingerprint density at radius 3 is 2.32 bits per heavy atom. The van der Waals surface area contributed by atoms with Crippen molar-refractivity contribution < 1.29 is 18.0 Å². The summed E-state index contributed by atoms with van der Waals surface area (Å²) >= 11 is 0. The Morgan fingerprint density at radius 2 is 1.89 bits per heavy atom. The smallest absolute Gasteiger partial charge is 0.330 e. The zero-order valence-electron chi connectivity index (χ0n) is 9.88. The molecule has 6 heteroatoms. The van der Waals surface area contributed by atoms with E-state index in [-0.39, 0.29) is 11.1 Å². The van der Waals surface area contributed by atoms with Gasteiger partial charge in [0.05, 0.1) is 11.6 Å². The third kappa shape index (κ3) is 4.04. The largest absolute Gasteiger partial charge is 0.412 e. The van der Waals surface area contributed by atoms with Gasteiger partial charge in [0.2, 0.25) is 0 Å². The molecule has 0 fully saturated rings. The maximum atomic E-state index is 12.9. The fraction of sp³-hybridized carbons (Fsp3) is 0.231. The lowest BCUT2D eigenvalue weighted by Gasteiger charge is -2.20. The molecule has 0 aromatic heterocycles. The van der Waals surface area contributed by atoms with Gasteiger partial charge in [0, 0.05) is 0 Å². The van der Waals surface area contributed by atoms with E-state index in [1.165, 1.54) is 19.1 Å². The summed E-state index contributed by atoms with van der Waals surface area (Å²) in [6.07, 6.45) is -4.64. The van der Waals surface area contributed by atoms with Crippen molar-refractivity contribution in [3.05, 3.63) is 35.4 Å². The standard InChI is InChI=1S/C13H9F3N2O/c1-2-3-11(19)18-12(13(14,15)16)10-6-4-9(8-17)5-7-10/h4-7,12H,1H3,(H,18,19). The van der Waals surface area contributed by atoms with E-state index in [0.717, 1.165) is 12.1 Å². The molecule has 0 saturated carbocycles. The Balaban J connectivity index is 3.06. The van der Waals surface area contributed by atoms with Crippen molar-refractivity contribution in [2.24, 2.45) is 0 Å². The van der Waals surface area contributed by atoms with Gasteiger partial charge in [0.15, 0.2) is 6.04 Å². The highest BCUT2D eigenvalue weighted by atomic mass is 19.4. The predicted octanol–water partition coefficient (Wildman–Crippen LogP) is 2.30. The van der Waals surface area contributed by atoms with E-state index >= 15 is 0 Å². The second kappa shape index (κ2) is 5.92. The van der Waals surface area contributed by atoms with Crippen molar-refractivity contribution in [3.63, 3.8) is 0 Å². The number of amides is 1. The molecule has 1 amide bonds. The second-order valence-electron chi connectivity index (χ2n) is 3.56. The highest BCUT2D eigenvalue weighted by molar-refractivity contribution is 5.93. The van der Waals surface area contributed by atoms with Crippen molar-refractivity contribution in [1.29, 1.82) is 5.26 Å². The van der Waals surface area contributed by atoms with Crippen molar-refractivity contribution in [2.45, 2.75) is 19.1 Å². The third-order valence-corrected chi connectivity index (χ3v) is 2.21. The van der Waals surface area contributed by atoms with E-state index in [2.05, 4.69) is 5.92 Å². The van der Waals surface area contributed by atoms with Crippen molar-refractivity contribution in [2.75, 3.05) is 0 Å². The van der Waals surface area contributed by atoms with Crippen LogP contribution in [0.5, 0.6) is 0 Å². The summed E-state index contributed by atoms with van der Waals surface area (Å²) < 4.78 is 38.6. The maximum absolute atomic E-state index is 12.9. The Kier molecular flexibility index (Phi) is 4.55. The predicted molar refractivity (Wildman–Crippen MR) is 61.5 cm³/mol. The van der Waals surface area contributed by atoms with Gasteiger partial charge >= 0.3 is 6.18 Å². The molecule has 1 aromatic carbocycles. The molecule has 1 aromatic rings. The topological polar surface area (TPSA) is 52.9 Å². The zero-order chi connectivity index (χ0) is 14.5. The first-order valence-corrected chi connectivity index (χ1v) is 5.18. The quantitative estimate of drug-likeness (QED) is 0.835. The number of carbonyl (C=O) groups is 1. The molecule has 3 nitrogen and oxygen atoms in total. The number of hydrogen-bond acceptors (Lipinski definition) is 2. The summed E-state index contributed by atoms with van der Waals surface area (Å²) in [6, 6.07) is 4.47. The Labute approximate surface area is 108 Å². The third-order valence-electron chi connectivity index (χ3n) is 2.21. The molecule has 0 spiro atoms. The number of hydrogen-bond donors (Lipinski definition) is 1. The molecular formula is C13H9F3N2O. The molecule has 0 radical (unpaired) electrons. The summed E-state index contributed by atoms with van der Waals surface area (Å²) in [7, 11) is 0. The Morgan fingerprint density at radius 1 is 1.32 bits per heavy atom. The van der Waals surface area contributed by atoms with Crippen molar-refractivity contribution in [1.82, 2.24) is 5.32 Å². The van der Waals surface area contributed by atoms with Gasteiger partial charge in [-0.05, 0) is 30.5 Å². The minimum atomic E-state index is -4.64. The molecule has 98 valence electrons. The fourth-order valence-electron chi connectivity index (χ4n) is 1.38. The molecule has 0 heterocycles. The van der Waals surface area contributed by atoms with Gasteiger partial charge in [-0.3, -0.25) is 4.79 Å². The van der Waals surface area contributed by atoms with E-state index in [1.807, 2.05) is 5.92 Å². The molecule has 0 aliphatic rings. The number of nitrogens with one attached hydrogen (secondary N) is 1. The van der Waals surface area contributed by atoms with Gasteiger partial charge in [0.1, 0.15) is 0 Å². The van der Waals surface area contributed by atoms with Crippen LogP contribution in [0.25, 0.3) is 0 Å². The molecule has 0 bridgehead atoms. The lowest BCUT2D eigenvalue weighted by molar-refractivity contribution is -0.161. The van der Waals surface area contributed by atoms with Gasteiger partial charge < -0.3 is 5.32 Å². The molecule has 0 saturated heterocycles.